The van der Waals surface area contributed by atoms with Crippen molar-refractivity contribution >= 4 is 38.1 Å². The van der Waals surface area contributed by atoms with Crippen LogP contribution in [0.1, 0.15) is 18.4 Å². The predicted molar refractivity (Wildman–Crippen MR) is 120 cm³/mol. The molecule has 0 bridgehead atoms. The number of nitrogens with zero attached hydrogens (tertiary/aromatic N) is 2. The summed E-state index contributed by atoms with van der Waals surface area (Å²) in [4.78, 5) is 6.28. The second-order valence-corrected chi connectivity index (χ2v) is 10.2. The number of hydrogen-bond acceptors (Lipinski definition) is 6. The van der Waals surface area contributed by atoms with E-state index in [2.05, 4.69) is 14.6 Å². The van der Waals surface area contributed by atoms with E-state index in [1.54, 1.807) is 23.6 Å². The highest BCUT2D eigenvalue weighted by Crippen LogP contribution is 2.31. The van der Waals surface area contributed by atoms with Crippen LogP contribution in [0.25, 0.3) is 0 Å². The van der Waals surface area contributed by atoms with Crippen molar-refractivity contribution in [2.75, 3.05) is 17.8 Å². The molecule has 0 atom stereocenters. The summed E-state index contributed by atoms with van der Waals surface area (Å²) in [6, 6.07) is 11.0. The lowest BCUT2D eigenvalue weighted by Crippen LogP contribution is -2.37. The maximum absolute atomic E-state index is 13.1. The average Bonchev–Trinajstić information content (AvgIpc) is 3.25. The predicted octanol–water partition coefficient (Wildman–Crippen LogP) is 4.78. The zero-order valence-corrected chi connectivity index (χ0v) is 18.9. The summed E-state index contributed by atoms with van der Waals surface area (Å²) in [7, 11) is -3.77. The molecule has 2 heterocycles. The SMILES string of the molecule is O=S(=O)(Nc1nccs1)c1ccc(OC2CCN(Cc3ccc(F)cc3)CC2)c(Cl)c1. The molecule has 0 amide bonds. The Morgan fingerprint density at radius 3 is 2.58 bits per heavy atom. The van der Waals surface area contributed by atoms with Gasteiger partial charge in [-0.2, -0.15) is 0 Å². The van der Waals surface area contributed by atoms with Crippen LogP contribution in [-0.4, -0.2) is 37.5 Å². The molecule has 10 heteroatoms. The lowest BCUT2D eigenvalue weighted by atomic mass is 10.1. The third kappa shape index (κ3) is 5.74. The van der Waals surface area contributed by atoms with E-state index in [1.807, 2.05) is 0 Å². The van der Waals surface area contributed by atoms with Crippen molar-refractivity contribution < 1.29 is 17.5 Å². The smallest absolute Gasteiger partial charge is 0.263 e. The summed E-state index contributed by atoms with van der Waals surface area (Å²) >= 11 is 7.51. The molecule has 0 aliphatic carbocycles. The zero-order valence-electron chi connectivity index (χ0n) is 16.5. The summed E-state index contributed by atoms with van der Waals surface area (Å²) < 4.78 is 46.5. The molecule has 3 aromatic rings. The summed E-state index contributed by atoms with van der Waals surface area (Å²) in [5.41, 5.74) is 1.08. The van der Waals surface area contributed by atoms with Crippen LogP contribution in [0.5, 0.6) is 5.75 Å². The van der Waals surface area contributed by atoms with Crippen molar-refractivity contribution in [3.63, 3.8) is 0 Å². The average molecular weight is 482 g/mol. The molecule has 31 heavy (non-hydrogen) atoms. The summed E-state index contributed by atoms with van der Waals surface area (Å²) in [6.07, 6.45) is 3.17. The number of hydrogen-bond donors (Lipinski definition) is 1. The van der Waals surface area contributed by atoms with Gasteiger partial charge in [0.15, 0.2) is 5.13 Å². The first kappa shape index (κ1) is 22.0. The molecule has 0 unspecified atom stereocenters. The molecule has 6 nitrogen and oxygen atoms in total. The Morgan fingerprint density at radius 2 is 1.94 bits per heavy atom. The molecule has 1 saturated heterocycles. The first-order valence-corrected chi connectivity index (χ1v) is 12.5. The molecule has 4 rings (SSSR count). The Kier molecular flexibility index (Phi) is 6.76. The molecule has 1 aliphatic heterocycles. The number of rotatable bonds is 7. The van der Waals surface area contributed by atoms with Gasteiger partial charge in [-0.1, -0.05) is 23.7 Å². The highest BCUT2D eigenvalue weighted by Gasteiger charge is 2.23. The van der Waals surface area contributed by atoms with Gasteiger partial charge in [0.1, 0.15) is 17.7 Å². The van der Waals surface area contributed by atoms with Crippen LogP contribution in [0.3, 0.4) is 0 Å². The van der Waals surface area contributed by atoms with E-state index >= 15 is 0 Å². The van der Waals surface area contributed by atoms with Crippen LogP contribution < -0.4 is 9.46 Å². The van der Waals surface area contributed by atoms with E-state index in [0.29, 0.717) is 10.9 Å². The normalized spacial score (nSPS) is 15.7. The second kappa shape index (κ2) is 9.52. The lowest BCUT2D eigenvalue weighted by Gasteiger charge is -2.32. The van der Waals surface area contributed by atoms with Crippen molar-refractivity contribution in [1.82, 2.24) is 9.88 Å². The minimum absolute atomic E-state index is 0.00197. The van der Waals surface area contributed by atoms with Gasteiger partial charge in [0.25, 0.3) is 10.0 Å². The summed E-state index contributed by atoms with van der Waals surface area (Å²) in [5.74, 6) is 0.234. The van der Waals surface area contributed by atoms with Gasteiger partial charge >= 0.3 is 0 Å². The van der Waals surface area contributed by atoms with Crippen molar-refractivity contribution in [2.24, 2.45) is 0 Å². The fraction of sp³-hybridized carbons (Fsp3) is 0.286. The van der Waals surface area contributed by atoms with E-state index in [0.717, 1.165) is 38.0 Å². The number of likely N-dealkylation sites (tertiary alicyclic amines) is 1. The number of thiazole rings is 1. The van der Waals surface area contributed by atoms with Gasteiger partial charge in [-0.05, 0) is 48.7 Å². The first-order chi connectivity index (χ1) is 14.9. The standard InChI is InChI=1S/C21H21ClFN3O3S2/c22-19-13-18(31(27,28)25-21-24-9-12-30-21)5-6-20(19)29-17-7-10-26(11-8-17)14-15-1-3-16(23)4-2-15/h1-6,9,12-13,17H,7-8,10-11,14H2,(H,24,25). The Balaban J connectivity index is 1.33. The number of anilines is 1. The minimum Gasteiger partial charge on any atom is -0.489 e. The van der Waals surface area contributed by atoms with Crippen LogP contribution in [0.4, 0.5) is 9.52 Å². The zero-order chi connectivity index (χ0) is 21.8. The van der Waals surface area contributed by atoms with Crippen molar-refractivity contribution in [3.8, 4) is 5.75 Å². The number of ether oxygens (including phenoxy) is 1. The molecule has 1 aromatic heterocycles. The number of nitrogens with one attached hydrogen (secondary N) is 1. The van der Waals surface area contributed by atoms with E-state index in [-0.39, 0.29) is 21.8 Å². The van der Waals surface area contributed by atoms with E-state index in [1.165, 1.54) is 41.8 Å². The van der Waals surface area contributed by atoms with Crippen molar-refractivity contribution in [2.45, 2.75) is 30.4 Å². The minimum atomic E-state index is -3.77. The first-order valence-electron chi connectivity index (χ1n) is 9.74. The molecule has 1 fully saturated rings. The Bertz CT molecular complexity index is 1120. The third-order valence-corrected chi connectivity index (χ3v) is 7.47. The van der Waals surface area contributed by atoms with E-state index < -0.39 is 10.0 Å². The van der Waals surface area contributed by atoms with Gasteiger partial charge in [0.05, 0.1) is 9.92 Å². The van der Waals surface area contributed by atoms with Gasteiger partial charge in [-0.25, -0.2) is 17.8 Å². The second-order valence-electron chi connectivity index (χ2n) is 7.25. The van der Waals surface area contributed by atoms with Crippen LogP contribution in [-0.2, 0) is 16.6 Å². The molecule has 0 saturated carbocycles. The van der Waals surface area contributed by atoms with Gasteiger partial charge in [-0.15, -0.1) is 11.3 Å². The number of aromatic nitrogens is 1. The third-order valence-electron chi connectivity index (χ3n) is 5.02. The highest BCUT2D eigenvalue weighted by atomic mass is 35.5. The van der Waals surface area contributed by atoms with Gasteiger partial charge in [0.2, 0.25) is 0 Å². The monoisotopic (exact) mass is 481 g/mol. The fourth-order valence-electron chi connectivity index (χ4n) is 3.40. The maximum atomic E-state index is 13.1. The molecule has 164 valence electrons. The molecular formula is C21H21ClFN3O3S2. The van der Waals surface area contributed by atoms with Crippen molar-refractivity contribution in [3.05, 3.63) is 70.4 Å². The molecule has 2 aromatic carbocycles. The maximum Gasteiger partial charge on any atom is 0.263 e. The Hall–Kier alpha value is -2.20. The van der Waals surface area contributed by atoms with Crippen LogP contribution >= 0.6 is 22.9 Å². The van der Waals surface area contributed by atoms with Gasteiger partial charge < -0.3 is 4.74 Å². The lowest BCUT2D eigenvalue weighted by molar-refractivity contribution is 0.0968. The van der Waals surface area contributed by atoms with Crippen LogP contribution in [0, 0.1) is 5.82 Å². The number of piperidine rings is 1. The van der Waals surface area contributed by atoms with E-state index in [9.17, 15) is 12.8 Å². The fourth-order valence-corrected chi connectivity index (χ4v) is 5.51. The van der Waals surface area contributed by atoms with Gasteiger partial charge in [0, 0.05) is 31.2 Å². The molecule has 0 spiro atoms. The van der Waals surface area contributed by atoms with Crippen molar-refractivity contribution in [1.29, 1.82) is 0 Å². The van der Waals surface area contributed by atoms with Crippen LogP contribution in [0.15, 0.2) is 58.9 Å². The molecule has 1 N–H and O–H groups in total. The Labute approximate surface area is 189 Å². The van der Waals surface area contributed by atoms with E-state index in [4.69, 9.17) is 16.3 Å². The quantitative estimate of drug-likeness (QED) is 0.525. The number of benzene rings is 2. The number of halogens is 2. The summed E-state index contributed by atoms with van der Waals surface area (Å²) in [5, 5.41) is 2.23. The summed E-state index contributed by atoms with van der Waals surface area (Å²) in [6.45, 7) is 2.47. The molecular weight excluding hydrogens is 461 g/mol. The molecule has 1 aliphatic rings. The van der Waals surface area contributed by atoms with Gasteiger partial charge in [-0.3, -0.25) is 9.62 Å². The highest BCUT2D eigenvalue weighted by molar-refractivity contribution is 7.93. The largest absolute Gasteiger partial charge is 0.489 e. The topological polar surface area (TPSA) is 71.5 Å². The number of sulfonamides is 1. The van der Waals surface area contributed by atoms with Crippen LogP contribution in [0.2, 0.25) is 5.02 Å². The molecule has 0 radical (unpaired) electrons. The Morgan fingerprint density at radius 1 is 1.19 bits per heavy atom.